The molecule has 2 rings (SSSR count). The van der Waals surface area contributed by atoms with Crippen molar-refractivity contribution >= 4 is 5.91 Å². The van der Waals surface area contributed by atoms with Gasteiger partial charge in [0.05, 0.1) is 11.3 Å². The zero-order valence-electron chi connectivity index (χ0n) is 7.20. The summed E-state index contributed by atoms with van der Waals surface area (Å²) in [5.74, 6) is 0.471. The van der Waals surface area contributed by atoms with Gasteiger partial charge in [-0.05, 0) is 19.1 Å². The zero-order valence-corrected chi connectivity index (χ0v) is 7.20. The lowest BCUT2D eigenvalue weighted by molar-refractivity contribution is 0.0966. The molecule has 66 valence electrons. The second-order valence-electron chi connectivity index (χ2n) is 2.87. The molecule has 1 amide bonds. The van der Waals surface area contributed by atoms with Crippen LogP contribution in [0.4, 0.5) is 0 Å². The topological polar surface area (TPSA) is 38.3 Å². The fraction of sp³-hybridized carbons (Fsp3) is 0.100. The van der Waals surface area contributed by atoms with Gasteiger partial charge >= 0.3 is 0 Å². The van der Waals surface area contributed by atoms with Crippen LogP contribution in [0.1, 0.15) is 17.3 Å². The first kappa shape index (κ1) is 7.86. The molecule has 3 nitrogen and oxygen atoms in total. The van der Waals surface area contributed by atoms with Crippen LogP contribution in [0.5, 0.6) is 5.75 Å². The monoisotopic (exact) mass is 175 g/mol. The van der Waals surface area contributed by atoms with Crippen LogP contribution in [0.2, 0.25) is 0 Å². The first-order chi connectivity index (χ1) is 6.27. The Morgan fingerprint density at radius 1 is 1.31 bits per heavy atom. The molecule has 0 bridgehead atoms. The van der Waals surface area contributed by atoms with Gasteiger partial charge in [-0.1, -0.05) is 12.1 Å². The second kappa shape index (κ2) is 2.94. The van der Waals surface area contributed by atoms with Gasteiger partial charge in [0.2, 0.25) is 0 Å². The highest BCUT2D eigenvalue weighted by Gasteiger charge is 2.14. The van der Waals surface area contributed by atoms with Crippen molar-refractivity contribution in [3.8, 4) is 5.75 Å². The minimum Gasteiger partial charge on any atom is -0.462 e. The van der Waals surface area contributed by atoms with Gasteiger partial charge in [0.15, 0.2) is 0 Å². The molecule has 0 unspecified atom stereocenters. The van der Waals surface area contributed by atoms with Crippen LogP contribution in [0.25, 0.3) is 0 Å². The Bertz CT molecular complexity index is 382. The van der Waals surface area contributed by atoms with E-state index in [1.807, 2.05) is 12.1 Å². The number of amides is 1. The van der Waals surface area contributed by atoms with Crippen molar-refractivity contribution < 1.29 is 9.53 Å². The summed E-state index contributed by atoms with van der Waals surface area (Å²) in [5, 5.41) is 2.70. The molecule has 1 aromatic rings. The Morgan fingerprint density at radius 3 is 2.92 bits per heavy atom. The predicted octanol–water partition coefficient (Wildman–Crippen LogP) is 1.67. The Hall–Kier alpha value is -1.77. The van der Waals surface area contributed by atoms with E-state index < -0.39 is 0 Å². The summed E-state index contributed by atoms with van der Waals surface area (Å²) < 4.78 is 5.29. The molecule has 1 aliphatic heterocycles. The fourth-order valence-electron chi connectivity index (χ4n) is 1.18. The Balaban J connectivity index is 2.49. The van der Waals surface area contributed by atoms with Crippen LogP contribution in [0.3, 0.4) is 0 Å². The highest BCUT2D eigenvalue weighted by atomic mass is 16.5. The largest absolute Gasteiger partial charge is 0.462 e. The minimum atomic E-state index is -0.123. The molecule has 1 aliphatic rings. The van der Waals surface area contributed by atoms with Crippen LogP contribution >= 0.6 is 0 Å². The van der Waals surface area contributed by atoms with E-state index in [1.54, 1.807) is 19.1 Å². The van der Waals surface area contributed by atoms with E-state index in [2.05, 4.69) is 5.32 Å². The number of para-hydroxylation sites is 1. The smallest absolute Gasteiger partial charge is 0.259 e. The number of rotatable bonds is 0. The van der Waals surface area contributed by atoms with E-state index >= 15 is 0 Å². The minimum absolute atomic E-state index is 0.123. The molecule has 0 radical (unpaired) electrons. The normalized spacial score (nSPS) is 14.8. The summed E-state index contributed by atoms with van der Waals surface area (Å²) in [6, 6.07) is 7.14. The van der Waals surface area contributed by atoms with E-state index in [4.69, 9.17) is 4.74 Å². The van der Waals surface area contributed by atoms with Crippen molar-refractivity contribution in [2.45, 2.75) is 6.92 Å². The van der Waals surface area contributed by atoms with Crippen LogP contribution in [0, 0.1) is 0 Å². The Kier molecular flexibility index (Phi) is 1.77. The average molecular weight is 175 g/mol. The maximum absolute atomic E-state index is 11.5. The number of carbonyl (C=O) groups excluding carboxylic acids is 1. The summed E-state index contributed by atoms with van der Waals surface area (Å²) in [6.07, 6.45) is 1.53. The van der Waals surface area contributed by atoms with Crippen molar-refractivity contribution in [1.29, 1.82) is 0 Å². The number of hydrogen-bond acceptors (Lipinski definition) is 2. The van der Waals surface area contributed by atoms with Crippen molar-refractivity contribution in [3.63, 3.8) is 0 Å². The van der Waals surface area contributed by atoms with Crippen molar-refractivity contribution in [2.75, 3.05) is 0 Å². The lowest BCUT2D eigenvalue weighted by Crippen LogP contribution is -2.19. The Labute approximate surface area is 76.0 Å². The summed E-state index contributed by atoms with van der Waals surface area (Å²) in [6.45, 7) is 1.78. The van der Waals surface area contributed by atoms with Gasteiger partial charge in [0.25, 0.3) is 5.91 Å². The molecule has 13 heavy (non-hydrogen) atoms. The standard InChI is InChI=1S/C10H9NO2/c1-7-6-13-9-5-3-2-4-8(9)10(12)11-7/h2-6H,1H3,(H,11,12). The third kappa shape index (κ3) is 1.40. The van der Waals surface area contributed by atoms with Crippen molar-refractivity contribution in [3.05, 3.63) is 41.8 Å². The van der Waals surface area contributed by atoms with E-state index in [9.17, 15) is 4.79 Å². The van der Waals surface area contributed by atoms with E-state index in [1.165, 1.54) is 6.26 Å². The van der Waals surface area contributed by atoms with Crippen LogP contribution in [0.15, 0.2) is 36.2 Å². The molecule has 0 aromatic heterocycles. The molecule has 0 fully saturated rings. The van der Waals surface area contributed by atoms with Gasteiger partial charge in [0, 0.05) is 0 Å². The molecule has 0 saturated heterocycles. The van der Waals surface area contributed by atoms with Crippen molar-refractivity contribution in [2.24, 2.45) is 0 Å². The van der Waals surface area contributed by atoms with E-state index in [0.717, 1.165) is 0 Å². The molecule has 0 aliphatic carbocycles. The maximum atomic E-state index is 11.5. The predicted molar refractivity (Wildman–Crippen MR) is 48.3 cm³/mol. The number of carbonyl (C=O) groups is 1. The first-order valence-corrected chi connectivity index (χ1v) is 4.01. The molecule has 0 spiro atoms. The summed E-state index contributed by atoms with van der Waals surface area (Å²) >= 11 is 0. The third-order valence-electron chi connectivity index (χ3n) is 1.81. The van der Waals surface area contributed by atoms with Gasteiger partial charge in [-0.15, -0.1) is 0 Å². The van der Waals surface area contributed by atoms with Gasteiger partial charge in [-0.25, -0.2) is 0 Å². The van der Waals surface area contributed by atoms with Crippen LogP contribution < -0.4 is 10.1 Å². The molecular weight excluding hydrogens is 166 g/mol. The van der Waals surface area contributed by atoms with Gasteiger partial charge in [-0.2, -0.15) is 0 Å². The van der Waals surface area contributed by atoms with Crippen LogP contribution in [-0.2, 0) is 0 Å². The highest BCUT2D eigenvalue weighted by Crippen LogP contribution is 2.20. The third-order valence-corrected chi connectivity index (χ3v) is 1.81. The second-order valence-corrected chi connectivity index (χ2v) is 2.87. The molecule has 1 aromatic carbocycles. The molecule has 1 heterocycles. The number of hydrogen-bond donors (Lipinski definition) is 1. The van der Waals surface area contributed by atoms with Gasteiger partial charge in [0.1, 0.15) is 12.0 Å². The quantitative estimate of drug-likeness (QED) is 0.651. The average Bonchev–Trinajstić information content (AvgIpc) is 2.27. The van der Waals surface area contributed by atoms with E-state index in [-0.39, 0.29) is 5.91 Å². The number of nitrogens with one attached hydrogen (secondary N) is 1. The van der Waals surface area contributed by atoms with Gasteiger partial charge < -0.3 is 10.1 Å². The number of ether oxygens (including phenoxy) is 1. The highest BCUT2D eigenvalue weighted by molar-refractivity contribution is 5.98. The summed E-state index contributed by atoms with van der Waals surface area (Å²) in [4.78, 5) is 11.5. The molecule has 1 N–H and O–H groups in total. The molecule has 0 saturated carbocycles. The Morgan fingerprint density at radius 2 is 2.08 bits per heavy atom. The lowest BCUT2D eigenvalue weighted by Gasteiger charge is -2.02. The fourth-order valence-corrected chi connectivity index (χ4v) is 1.18. The summed E-state index contributed by atoms with van der Waals surface area (Å²) in [7, 11) is 0. The number of fused-ring (bicyclic) bond motifs is 1. The van der Waals surface area contributed by atoms with Crippen LogP contribution in [-0.4, -0.2) is 5.91 Å². The SMILES string of the molecule is CC1=COc2ccccc2C(=O)N1. The molecule has 3 heteroatoms. The zero-order chi connectivity index (χ0) is 9.26. The molecule has 0 atom stereocenters. The number of benzene rings is 1. The molecular formula is C10H9NO2. The first-order valence-electron chi connectivity index (χ1n) is 4.01. The van der Waals surface area contributed by atoms with Gasteiger partial charge in [-0.3, -0.25) is 4.79 Å². The lowest BCUT2D eigenvalue weighted by atomic mass is 10.2. The summed E-state index contributed by atoms with van der Waals surface area (Å²) in [5.41, 5.74) is 1.27. The maximum Gasteiger partial charge on any atom is 0.259 e. The number of allylic oxidation sites excluding steroid dienone is 1. The van der Waals surface area contributed by atoms with Crippen molar-refractivity contribution in [1.82, 2.24) is 5.32 Å². The van der Waals surface area contributed by atoms with E-state index in [0.29, 0.717) is 17.0 Å².